The first-order valence-electron chi connectivity index (χ1n) is 6.36. The molecule has 1 N–H and O–H groups in total. The Morgan fingerprint density at radius 2 is 2.22 bits per heavy atom. The van der Waals surface area contributed by atoms with Gasteiger partial charge < -0.3 is 10.1 Å². The molecule has 2 atom stereocenters. The summed E-state index contributed by atoms with van der Waals surface area (Å²) in [5, 5.41) is 4.76. The number of benzene rings is 1. The third-order valence-electron chi connectivity index (χ3n) is 3.80. The number of hydrogen-bond acceptors (Lipinski definition) is 2. The van der Waals surface area contributed by atoms with Crippen molar-refractivity contribution in [3.63, 3.8) is 0 Å². The van der Waals surface area contributed by atoms with Crippen LogP contribution in [-0.2, 0) is 4.74 Å². The van der Waals surface area contributed by atoms with Crippen molar-refractivity contribution in [3.05, 3.63) is 33.8 Å². The Morgan fingerprint density at radius 3 is 2.94 bits per heavy atom. The molecule has 1 saturated heterocycles. The van der Waals surface area contributed by atoms with Gasteiger partial charge in [-0.3, -0.25) is 0 Å². The van der Waals surface area contributed by atoms with Crippen molar-refractivity contribution in [1.82, 2.24) is 5.32 Å². The normalized spacial score (nSPS) is 29.0. The predicted octanol–water partition coefficient (Wildman–Crippen LogP) is 4.21. The van der Waals surface area contributed by atoms with E-state index < -0.39 is 0 Å². The number of halogens is 2. The standard InChI is InChI=1S/C14H19Cl2NO/c1-3-14(2)7-8-18-12(9-17-14)10-5-4-6-11(15)13(10)16/h4-6,12,17H,3,7-9H2,1-2H3. The molecule has 0 spiro atoms. The summed E-state index contributed by atoms with van der Waals surface area (Å²) in [4.78, 5) is 0. The molecule has 0 aliphatic carbocycles. The second-order valence-electron chi connectivity index (χ2n) is 5.05. The minimum absolute atomic E-state index is 0.0235. The van der Waals surface area contributed by atoms with E-state index >= 15 is 0 Å². The Hall–Kier alpha value is -0.280. The lowest BCUT2D eigenvalue weighted by molar-refractivity contribution is 0.0654. The fraction of sp³-hybridized carbons (Fsp3) is 0.571. The highest BCUT2D eigenvalue weighted by Gasteiger charge is 2.28. The van der Waals surface area contributed by atoms with Crippen LogP contribution in [0.5, 0.6) is 0 Å². The van der Waals surface area contributed by atoms with E-state index in [2.05, 4.69) is 19.2 Å². The van der Waals surface area contributed by atoms with Gasteiger partial charge in [-0.2, -0.15) is 0 Å². The first-order valence-corrected chi connectivity index (χ1v) is 7.12. The zero-order valence-electron chi connectivity index (χ0n) is 10.8. The van der Waals surface area contributed by atoms with Crippen LogP contribution in [0.3, 0.4) is 0 Å². The monoisotopic (exact) mass is 287 g/mol. The lowest BCUT2D eigenvalue weighted by Crippen LogP contribution is -2.42. The van der Waals surface area contributed by atoms with Gasteiger partial charge in [0.2, 0.25) is 0 Å². The van der Waals surface area contributed by atoms with Crippen molar-refractivity contribution in [2.24, 2.45) is 0 Å². The predicted molar refractivity (Wildman–Crippen MR) is 76.5 cm³/mol. The van der Waals surface area contributed by atoms with Crippen molar-refractivity contribution in [1.29, 1.82) is 0 Å². The summed E-state index contributed by atoms with van der Waals surface area (Å²) in [6.45, 7) is 5.94. The topological polar surface area (TPSA) is 21.3 Å². The van der Waals surface area contributed by atoms with Gasteiger partial charge in [-0.15, -0.1) is 0 Å². The molecule has 1 aliphatic heterocycles. The van der Waals surface area contributed by atoms with Gasteiger partial charge in [0.15, 0.2) is 0 Å². The van der Waals surface area contributed by atoms with E-state index in [1.54, 1.807) is 6.07 Å². The van der Waals surface area contributed by atoms with Crippen molar-refractivity contribution in [2.75, 3.05) is 13.2 Å². The third-order valence-corrected chi connectivity index (χ3v) is 4.63. The van der Waals surface area contributed by atoms with Crippen LogP contribution in [0.4, 0.5) is 0 Å². The van der Waals surface area contributed by atoms with Crippen molar-refractivity contribution in [2.45, 2.75) is 38.3 Å². The number of hydrogen-bond donors (Lipinski definition) is 1. The van der Waals surface area contributed by atoms with Crippen molar-refractivity contribution >= 4 is 23.2 Å². The molecule has 2 unspecified atom stereocenters. The van der Waals surface area contributed by atoms with Gasteiger partial charge in [0.1, 0.15) is 0 Å². The smallest absolute Gasteiger partial charge is 0.0964 e. The van der Waals surface area contributed by atoms with Crippen molar-refractivity contribution in [3.8, 4) is 0 Å². The van der Waals surface area contributed by atoms with Gasteiger partial charge in [-0.05, 0) is 25.8 Å². The molecule has 1 fully saturated rings. The Kier molecular flexibility index (Phi) is 4.54. The van der Waals surface area contributed by atoms with Gasteiger partial charge >= 0.3 is 0 Å². The Labute approximate surface area is 119 Å². The van der Waals surface area contributed by atoms with Crippen LogP contribution in [-0.4, -0.2) is 18.7 Å². The van der Waals surface area contributed by atoms with Crippen LogP contribution >= 0.6 is 23.2 Å². The Balaban J connectivity index is 2.17. The van der Waals surface area contributed by atoms with E-state index in [4.69, 9.17) is 27.9 Å². The molecular weight excluding hydrogens is 269 g/mol. The zero-order chi connectivity index (χ0) is 13.2. The third kappa shape index (κ3) is 3.00. The molecule has 1 aromatic rings. The van der Waals surface area contributed by atoms with Gasteiger partial charge in [-0.25, -0.2) is 0 Å². The van der Waals surface area contributed by atoms with E-state index in [1.165, 1.54) is 0 Å². The van der Waals surface area contributed by atoms with Gasteiger partial charge in [0, 0.05) is 24.3 Å². The van der Waals surface area contributed by atoms with E-state index in [0.29, 0.717) is 10.0 Å². The van der Waals surface area contributed by atoms with Gasteiger partial charge in [0.05, 0.1) is 16.1 Å². The lowest BCUT2D eigenvalue weighted by atomic mass is 9.95. The maximum absolute atomic E-state index is 6.25. The summed E-state index contributed by atoms with van der Waals surface area (Å²) >= 11 is 12.3. The maximum atomic E-state index is 6.25. The summed E-state index contributed by atoms with van der Waals surface area (Å²) in [6, 6.07) is 5.69. The zero-order valence-corrected chi connectivity index (χ0v) is 12.3. The minimum Gasteiger partial charge on any atom is -0.372 e. The largest absolute Gasteiger partial charge is 0.372 e. The molecule has 2 rings (SSSR count). The highest BCUT2D eigenvalue weighted by Crippen LogP contribution is 2.33. The van der Waals surface area contributed by atoms with E-state index in [-0.39, 0.29) is 11.6 Å². The summed E-state index contributed by atoms with van der Waals surface area (Å²) in [7, 11) is 0. The molecule has 1 heterocycles. The SMILES string of the molecule is CCC1(C)CCOC(c2cccc(Cl)c2Cl)CN1. The summed E-state index contributed by atoms with van der Waals surface area (Å²) in [6.07, 6.45) is 2.08. The molecule has 1 aromatic carbocycles. The van der Waals surface area contributed by atoms with Crippen molar-refractivity contribution < 1.29 is 4.74 Å². The molecule has 2 nitrogen and oxygen atoms in total. The average Bonchev–Trinajstić information content (AvgIpc) is 2.56. The second kappa shape index (κ2) is 5.79. The lowest BCUT2D eigenvalue weighted by Gasteiger charge is -2.27. The Bertz CT molecular complexity index is 424. The summed E-state index contributed by atoms with van der Waals surface area (Å²) in [5.41, 5.74) is 1.12. The molecule has 0 saturated carbocycles. The van der Waals surface area contributed by atoms with Crippen LogP contribution in [0.25, 0.3) is 0 Å². The van der Waals surface area contributed by atoms with Crippen LogP contribution < -0.4 is 5.32 Å². The molecule has 1 aliphatic rings. The first-order chi connectivity index (χ1) is 8.56. The van der Waals surface area contributed by atoms with Crippen LogP contribution in [0.15, 0.2) is 18.2 Å². The second-order valence-corrected chi connectivity index (χ2v) is 5.83. The number of ether oxygens (including phenoxy) is 1. The van der Waals surface area contributed by atoms with E-state index in [9.17, 15) is 0 Å². The quantitative estimate of drug-likeness (QED) is 0.880. The minimum atomic E-state index is -0.0235. The molecule has 0 aromatic heterocycles. The van der Waals surface area contributed by atoms with Crippen LogP contribution in [0.2, 0.25) is 10.0 Å². The molecule has 100 valence electrons. The first kappa shape index (κ1) is 14.1. The average molecular weight is 288 g/mol. The fourth-order valence-corrected chi connectivity index (χ4v) is 2.61. The highest BCUT2D eigenvalue weighted by atomic mass is 35.5. The molecule has 0 amide bonds. The molecule has 4 heteroatoms. The highest BCUT2D eigenvalue weighted by molar-refractivity contribution is 6.42. The summed E-state index contributed by atoms with van der Waals surface area (Å²) < 4.78 is 5.92. The Morgan fingerprint density at radius 1 is 1.44 bits per heavy atom. The molecule has 18 heavy (non-hydrogen) atoms. The fourth-order valence-electron chi connectivity index (χ4n) is 2.18. The van der Waals surface area contributed by atoms with Crippen LogP contribution in [0, 0.1) is 0 Å². The van der Waals surface area contributed by atoms with Crippen LogP contribution in [0.1, 0.15) is 38.4 Å². The van der Waals surface area contributed by atoms with Gasteiger partial charge in [-0.1, -0.05) is 42.3 Å². The number of nitrogens with one attached hydrogen (secondary N) is 1. The molecular formula is C14H19Cl2NO. The van der Waals surface area contributed by atoms with Gasteiger partial charge in [0.25, 0.3) is 0 Å². The van der Waals surface area contributed by atoms with E-state index in [1.807, 2.05) is 12.1 Å². The molecule has 0 bridgehead atoms. The maximum Gasteiger partial charge on any atom is 0.0964 e. The molecule has 0 radical (unpaired) electrons. The number of rotatable bonds is 2. The summed E-state index contributed by atoms with van der Waals surface area (Å²) in [5.74, 6) is 0. The van der Waals surface area contributed by atoms with E-state index in [0.717, 1.165) is 31.6 Å².